The summed E-state index contributed by atoms with van der Waals surface area (Å²) in [6.07, 6.45) is -0.257. The zero-order valence-electron chi connectivity index (χ0n) is 20.5. The minimum atomic E-state index is -0.837. The molecule has 2 aliphatic heterocycles. The first kappa shape index (κ1) is 26.0. The Morgan fingerprint density at radius 1 is 1.18 bits per heavy atom. The number of fused-ring (bicyclic) bond motifs is 1. The molecule has 1 atom stereocenters. The Hall–Kier alpha value is -4.65. The Labute approximate surface area is 225 Å². The van der Waals surface area contributed by atoms with E-state index in [9.17, 15) is 24.1 Å². The van der Waals surface area contributed by atoms with E-state index in [-0.39, 0.29) is 42.8 Å². The number of thioether (sulfide) groups is 1. The lowest BCUT2D eigenvalue weighted by molar-refractivity contribution is -0.384. The summed E-state index contributed by atoms with van der Waals surface area (Å²) in [6, 6.07) is 14.8. The van der Waals surface area contributed by atoms with Gasteiger partial charge in [0.1, 0.15) is 22.5 Å². The lowest BCUT2D eigenvalue weighted by Gasteiger charge is -2.17. The van der Waals surface area contributed by atoms with Crippen LogP contribution in [0, 0.1) is 15.9 Å². The molecular formula is C26H21FN4O7S. The van der Waals surface area contributed by atoms with E-state index in [0.717, 1.165) is 17.3 Å². The minimum absolute atomic E-state index is 0.0151. The van der Waals surface area contributed by atoms with Crippen LogP contribution >= 0.6 is 11.8 Å². The van der Waals surface area contributed by atoms with Gasteiger partial charge in [-0.1, -0.05) is 17.8 Å². The fourth-order valence-electron chi connectivity index (χ4n) is 3.98. The monoisotopic (exact) mass is 552 g/mol. The van der Waals surface area contributed by atoms with Crippen molar-refractivity contribution < 1.29 is 33.1 Å². The molecule has 2 aliphatic rings. The number of nitro groups is 1. The number of amides is 2. The van der Waals surface area contributed by atoms with Crippen molar-refractivity contribution in [3.63, 3.8) is 0 Å². The normalized spacial score (nSPS) is 17.0. The average molecular weight is 553 g/mol. The Bertz CT molecular complexity index is 1480. The summed E-state index contributed by atoms with van der Waals surface area (Å²) in [6.45, 7) is 0.253. The summed E-state index contributed by atoms with van der Waals surface area (Å²) in [7, 11) is 1.38. The van der Waals surface area contributed by atoms with E-state index >= 15 is 0 Å². The van der Waals surface area contributed by atoms with E-state index in [4.69, 9.17) is 14.2 Å². The van der Waals surface area contributed by atoms with Gasteiger partial charge in [0.15, 0.2) is 16.7 Å². The van der Waals surface area contributed by atoms with Crippen molar-refractivity contribution in [2.24, 2.45) is 4.99 Å². The largest absolute Gasteiger partial charge is 0.496 e. The summed E-state index contributed by atoms with van der Waals surface area (Å²) in [4.78, 5) is 43.1. The van der Waals surface area contributed by atoms with Crippen LogP contribution in [0.5, 0.6) is 17.2 Å². The first-order valence-corrected chi connectivity index (χ1v) is 12.5. The van der Waals surface area contributed by atoms with Gasteiger partial charge < -0.3 is 19.5 Å². The van der Waals surface area contributed by atoms with Crippen molar-refractivity contribution in [2.75, 3.05) is 19.2 Å². The number of hydrogen-bond donors (Lipinski definition) is 1. The molecule has 39 heavy (non-hydrogen) atoms. The van der Waals surface area contributed by atoms with Crippen LogP contribution in [0.15, 0.2) is 65.7 Å². The molecule has 3 aromatic rings. The number of anilines is 1. The molecule has 3 aromatic carbocycles. The SMILES string of the molecule is COc1ccc(NC(=O)C[C@H]2SC(=Nc3ccc(F)cc3)N(Cc3ccc4c(c3)OCO4)C2=O)c([N+](=O)[O-])c1. The van der Waals surface area contributed by atoms with Crippen molar-refractivity contribution in [3.8, 4) is 17.2 Å². The number of hydrogen-bond acceptors (Lipinski definition) is 9. The summed E-state index contributed by atoms with van der Waals surface area (Å²) in [5.74, 6) is 0.0534. The number of carbonyl (C=O) groups is 2. The highest BCUT2D eigenvalue weighted by atomic mass is 32.2. The molecule has 1 fully saturated rings. The van der Waals surface area contributed by atoms with Gasteiger partial charge in [0.05, 0.1) is 30.3 Å². The number of ether oxygens (including phenoxy) is 3. The highest BCUT2D eigenvalue weighted by Gasteiger charge is 2.39. The van der Waals surface area contributed by atoms with E-state index in [2.05, 4.69) is 10.3 Å². The lowest BCUT2D eigenvalue weighted by Crippen LogP contribution is -2.33. The van der Waals surface area contributed by atoms with Crippen LogP contribution in [0.4, 0.5) is 21.5 Å². The number of aliphatic imine (C=N–C) groups is 1. The van der Waals surface area contributed by atoms with E-state index in [1.807, 2.05) is 0 Å². The van der Waals surface area contributed by atoms with Crippen LogP contribution in [0.2, 0.25) is 0 Å². The average Bonchev–Trinajstić information content (AvgIpc) is 3.50. The molecule has 2 heterocycles. The van der Waals surface area contributed by atoms with Gasteiger partial charge in [0.2, 0.25) is 18.6 Å². The summed E-state index contributed by atoms with van der Waals surface area (Å²) in [5, 5.41) is 13.5. The third-order valence-electron chi connectivity index (χ3n) is 5.90. The fraction of sp³-hybridized carbons (Fsp3) is 0.192. The Balaban J connectivity index is 1.37. The number of carbonyl (C=O) groups excluding carboxylic acids is 2. The maximum atomic E-state index is 13.4. The van der Waals surface area contributed by atoms with Crippen LogP contribution < -0.4 is 19.5 Å². The number of amidine groups is 1. The van der Waals surface area contributed by atoms with Gasteiger partial charge in [-0.05, 0) is 54.1 Å². The van der Waals surface area contributed by atoms with Gasteiger partial charge in [0, 0.05) is 6.42 Å². The molecule has 5 rings (SSSR count). The first-order valence-electron chi connectivity index (χ1n) is 11.6. The molecule has 0 radical (unpaired) electrons. The second kappa shape index (κ2) is 11.0. The Kier molecular flexibility index (Phi) is 7.32. The minimum Gasteiger partial charge on any atom is -0.496 e. The maximum absolute atomic E-state index is 13.4. The van der Waals surface area contributed by atoms with Crippen molar-refractivity contribution in [2.45, 2.75) is 18.2 Å². The van der Waals surface area contributed by atoms with E-state index in [0.29, 0.717) is 22.4 Å². The Morgan fingerprint density at radius 3 is 2.69 bits per heavy atom. The van der Waals surface area contributed by atoms with Crippen LogP contribution in [-0.2, 0) is 16.1 Å². The van der Waals surface area contributed by atoms with Gasteiger partial charge in [-0.2, -0.15) is 0 Å². The number of rotatable bonds is 8. The molecule has 0 spiro atoms. The molecule has 0 aliphatic carbocycles. The molecule has 0 saturated carbocycles. The molecule has 0 bridgehead atoms. The molecule has 1 saturated heterocycles. The van der Waals surface area contributed by atoms with Crippen LogP contribution in [0.25, 0.3) is 0 Å². The number of nitrogens with zero attached hydrogens (tertiary/aromatic N) is 3. The van der Waals surface area contributed by atoms with E-state index < -0.39 is 21.9 Å². The van der Waals surface area contributed by atoms with Gasteiger partial charge >= 0.3 is 0 Å². The van der Waals surface area contributed by atoms with Crippen molar-refractivity contribution in [1.82, 2.24) is 4.90 Å². The topological polar surface area (TPSA) is 133 Å². The second-order valence-corrected chi connectivity index (χ2v) is 9.65. The summed E-state index contributed by atoms with van der Waals surface area (Å²) in [5.41, 5.74) is 0.829. The van der Waals surface area contributed by atoms with Crippen LogP contribution in [0.3, 0.4) is 0 Å². The highest BCUT2D eigenvalue weighted by molar-refractivity contribution is 8.15. The number of nitrogens with one attached hydrogen (secondary N) is 1. The zero-order chi connectivity index (χ0) is 27.5. The quantitative estimate of drug-likeness (QED) is 0.316. The first-order chi connectivity index (χ1) is 18.8. The van der Waals surface area contributed by atoms with Crippen molar-refractivity contribution >= 4 is 45.8 Å². The molecule has 1 N–H and O–H groups in total. The molecule has 0 aromatic heterocycles. The van der Waals surface area contributed by atoms with Crippen LogP contribution in [0.1, 0.15) is 12.0 Å². The van der Waals surface area contributed by atoms with Crippen molar-refractivity contribution in [3.05, 3.63) is 82.2 Å². The Morgan fingerprint density at radius 2 is 1.95 bits per heavy atom. The second-order valence-electron chi connectivity index (χ2n) is 8.48. The molecule has 13 heteroatoms. The number of halogens is 1. The molecule has 200 valence electrons. The van der Waals surface area contributed by atoms with Crippen molar-refractivity contribution in [1.29, 1.82) is 0 Å². The predicted octanol–water partition coefficient (Wildman–Crippen LogP) is 4.63. The van der Waals surface area contributed by atoms with E-state index in [1.54, 1.807) is 18.2 Å². The fourth-order valence-corrected chi connectivity index (χ4v) is 5.14. The summed E-state index contributed by atoms with van der Waals surface area (Å²) >= 11 is 1.09. The molecule has 2 amide bonds. The summed E-state index contributed by atoms with van der Waals surface area (Å²) < 4.78 is 29.2. The van der Waals surface area contributed by atoms with E-state index in [1.165, 1.54) is 54.5 Å². The number of benzene rings is 3. The third-order valence-corrected chi connectivity index (χ3v) is 7.07. The molecule has 0 unspecified atom stereocenters. The maximum Gasteiger partial charge on any atom is 0.296 e. The standard InChI is InChI=1S/C26H21FN4O7S/c1-36-18-7-8-19(20(11-18)31(34)35)29-24(32)12-23-25(33)30(13-15-2-9-21-22(10-15)38-14-37-21)26(39-23)28-17-5-3-16(27)4-6-17/h2-11,23H,12-14H2,1H3,(H,29,32)/t23-/m1/s1. The smallest absolute Gasteiger partial charge is 0.296 e. The predicted molar refractivity (Wildman–Crippen MR) is 141 cm³/mol. The zero-order valence-corrected chi connectivity index (χ0v) is 21.3. The van der Waals surface area contributed by atoms with Gasteiger partial charge in [-0.15, -0.1) is 0 Å². The van der Waals surface area contributed by atoms with Gasteiger partial charge in [-0.3, -0.25) is 24.6 Å². The van der Waals surface area contributed by atoms with Crippen LogP contribution in [-0.4, -0.2) is 46.0 Å². The highest BCUT2D eigenvalue weighted by Crippen LogP contribution is 2.37. The number of methoxy groups -OCH3 is 1. The molecular weight excluding hydrogens is 531 g/mol. The third kappa shape index (κ3) is 5.77. The number of nitro benzene ring substituents is 1. The molecule has 11 nitrogen and oxygen atoms in total. The lowest BCUT2D eigenvalue weighted by atomic mass is 10.1. The van der Waals surface area contributed by atoms with Gasteiger partial charge in [0.25, 0.3) is 5.69 Å². The van der Waals surface area contributed by atoms with Gasteiger partial charge in [-0.25, -0.2) is 9.38 Å².